The number of hydrogen-bond acceptors (Lipinski definition) is 6. The number of aromatic amines is 1. The van der Waals surface area contributed by atoms with E-state index in [1.807, 2.05) is 25.1 Å². The van der Waals surface area contributed by atoms with Gasteiger partial charge in [-0.2, -0.15) is 15.3 Å². The SMILES string of the molecule is Cc1ccc2[nH]ncc2c1-c1cc(-c2ccnnc2)nc(C(N)=O)c1N. The van der Waals surface area contributed by atoms with Gasteiger partial charge in [-0.3, -0.25) is 9.89 Å². The summed E-state index contributed by atoms with van der Waals surface area (Å²) in [7, 11) is 0. The number of nitrogens with one attached hydrogen (secondary N) is 1. The van der Waals surface area contributed by atoms with E-state index in [1.165, 1.54) is 0 Å². The van der Waals surface area contributed by atoms with Crippen LogP contribution in [0.3, 0.4) is 0 Å². The second-order valence-electron chi connectivity index (χ2n) is 5.90. The zero-order valence-electron chi connectivity index (χ0n) is 13.9. The minimum Gasteiger partial charge on any atom is -0.396 e. The molecular weight excluding hydrogens is 330 g/mol. The summed E-state index contributed by atoms with van der Waals surface area (Å²) in [4.78, 5) is 16.3. The van der Waals surface area contributed by atoms with Crippen LogP contribution in [0, 0.1) is 6.92 Å². The zero-order chi connectivity index (χ0) is 18.3. The second-order valence-corrected chi connectivity index (χ2v) is 5.90. The quantitative estimate of drug-likeness (QED) is 0.520. The third kappa shape index (κ3) is 2.44. The first-order chi connectivity index (χ1) is 12.6. The number of nitrogens with two attached hydrogens (primary N) is 2. The highest BCUT2D eigenvalue weighted by atomic mass is 16.1. The van der Waals surface area contributed by atoms with Gasteiger partial charge in [0.25, 0.3) is 5.91 Å². The fourth-order valence-corrected chi connectivity index (χ4v) is 3.02. The summed E-state index contributed by atoms with van der Waals surface area (Å²) in [5.74, 6) is -0.690. The molecule has 0 bridgehead atoms. The Morgan fingerprint density at radius 2 is 2.00 bits per heavy atom. The number of fused-ring (bicyclic) bond motifs is 1. The predicted octanol–water partition coefficient (Wildman–Crippen LogP) is 2.07. The molecule has 0 fully saturated rings. The Bertz CT molecular complexity index is 1140. The van der Waals surface area contributed by atoms with Crippen LogP contribution >= 0.6 is 0 Å². The number of anilines is 1. The van der Waals surface area contributed by atoms with E-state index in [0.717, 1.165) is 22.0 Å². The van der Waals surface area contributed by atoms with Crippen molar-refractivity contribution in [1.82, 2.24) is 25.4 Å². The third-order valence-electron chi connectivity index (χ3n) is 4.27. The molecule has 26 heavy (non-hydrogen) atoms. The summed E-state index contributed by atoms with van der Waals surface area (Å²) in [5.41, 5.74) is 16.7. The third-order valence-corrected chi connectivity index (χ3v) is 4.27. The van der Waals surface area contributed by atoms with E-state index >= 15 is 0 Å². The Morgan fingerprint density at radius 3 is 2.73 bits per heavy atom. The van der Waals surface area contributed by atoms with E-state index in [4.69, 9.17) is 11.5 Å². The van der Waals surface area contributed by atoms with Crippen molar-refractivity contribution in [2.75, 3.05) is 5.73 Å². The number of H-pyrrole nitrogens is 1. The maximum atomic E-state index is 11.9. The molecule has 0 aliphatic heterocycles. The Labute approximate surface area is 148 Å². The Hall–Kier alpha value is -3.81. The molecule has 0 atom stereocenters. The van der Waals surface area contributed by atoms with E-state index in [-0.39, 0.29) is 11.4 Å². The van der Waals surface area contributed by atoms with Crippen molar-refractivity contribution in [3.63, 3.8) is 0 Å². The first-order valence-corrected chi connectivity index (χ1v) is 7.86. The van der Waals surface area contributed by atoms with Gasteiger partial charge in [-0.25, -0.2) is 4.98 Å². The van der Waals surface area contributed by atoms with Crippen LogP contribution in [0.4, 0.5) is 5.69 Å². The van der Waals surface area contributed by atoms with E-state index in [9.17, 15) is 4.79 Å². The summed E-state index contributed by atoms with van der Waals surface area (Å²) < 4.78 is 0. The second kappa shape index (κ2) is 5.92. The van der Waals surface area contributed by atoms with Gasteiger partial charge in [0, 0.05) is 16.5 Å². The van der Waals surface area contributed by atoms with Crippen LogP contribution in [0.1, 0.15) is 16.1 Å². The number of benzene rings is 1. The average Bonchev–Trinajstić information content (AvgIpc) is 3.11. The highest BCUT2D eigenvalue weighted by Crippen LogP contribution is 2.37. The molecule has 128 valence electrons. The number of carbonyl (C=O) groups is 1. The first kappa shape index (κ1) is 15.7. The van der Waals surface area contributed by atoms with E-state index in [1.54, 1.807) is 24.7 Å². The van der Waals surface area contributed by atoms with E-state index in [2.05, 4.69) is 25.4 Å². The minimum absolute atomic E-state index is 0.0224. The lowest BCUT2D eigenvalue weighted by molar-refractivity contribution is 0.0996. The van der Waals surface area contributed by atoms with Crippen molar-refractivity contribution < 1.29 is 4.79 Å². The molecular formula is C18H15N7O. The van der Waals surface area contributed by atoms with Gasteiger partial charge < -0.3 is 11.5 Å². The normalized spacial score (nSPS) is 11.0. The highest BCUT2D eigenvalue weighted by molar-refractivity contribution is 6.05. The van der Waals surface area contributed by atoms with Crippen LogP contribution in [-0.2, 0) is 0 Å². The van der Waals surface area contributed by atoms with Gasteiger partial charge in [0.05, 0.1) is 35.5 Å². The molecule has 0 spiro atoms. The van der Waals surface area contributed by atoms with Crippen molar-refractivity contribution in [3.8, 4) is 22.4 Å². The molecule has 4 rings (SSSR count). The molecule has 0 radical (unpaired) electrons. The lowest BCUT2D eigenvalue weighted by Crippen LogP contribution is -2.17. The van der Waals surface area contributed by atoms with Gasteiger partial charge >= 0.3 is 0 Å². The largest absolute Gasteiger partial charge is 0.396 e. The Kier molecular flexibility index (Phi) is 3.58. The number of carbonyl (C=O) groups excluding carboxylic acids is 1. The van der Waals surface area contributed by atoms with Crippen molar-refractivity contribution in [3.05, 3.63) is 54.1 Å². The number of nitrogens with zero attached hydrogens (tertiary/aromatic N) is 4. The van der Waals surface area contributed by atoms with Crippen LogP contribution in [0.2, 0.25) is 0 Å². The fraction of sp³-hybridized carbons (Fsp3) is 0.0556. The van der Waals surface area contributed by atoms with Gasteiger partial charge in [-0.15, -0.1) is 0 Å². The molecule has 3 aromatic heterocycles. The van der Waals surface area contributed by atoms with Crippen LogP contribution in [0.25, 0.3) is 33.3 Å². The van der Waals surface area contributed by atoms with Gasteiger partial charge in [0.15, 0.2) is 5.69 Å². The molecule has 0 unspecified atom stereocenters. The summed E-state index contributed by atoms with van der Waals surface area (Å²) in [6.45, 7) is 1.97. The molecule has 0 saturated carbocycles. The molecule has 4 aromatic rings. The van der Waals surface area contributed by atoms with Gasteiger partial charge in [0.1, 0.15) is 0 Å². The number of aryl methyl sites for hydroxylation is 1. The van der Waals surface area contributed by atoms with Gasteiger partial charge in [-0.1, -0.05) is 6.07 Å². The predicted molar refractivity (Wildman–Crippen MR) is 98.0 cm³/mol. The van der Waals surface area contributed by atoms with Crippen molar-refractivity contribution in [2.45, 2.75) is 6.92 Å². The standard InChI is InChI=1S/C18H15N7O/c1-9-2-3-13-12(8-23-25-13)15(9)11-6-14(10-4-5-21-22-7-10)24-17(16(11)19)18(20)26/h2-8H,19H2,1H3,(H2,20,26)(H,23,25). The topological polar surface area (TPSA) is 136 Å². The maximum Gasteiger partial charge on any atom is 0.269 e. The lowest BCUT2D eigenvalue weighted by atomic mass is 9.94. The number of pyridine rings is 1. The molecule has 0 aliphatic rings. The van der Waals surface area contributed by atoms with E-state index in [0.29, 0.717) is 16.8 Å². The lowest BCUT2D eigenvalue weighted by Gasteiger charge is -2.14. The zero-order valence-corrected chi connectivity index (χ0v) is 13.9. The fourth-order valence-electron chi connectivity index (χ4n) is 3.02. The maximum absolute atomic E-state index is 11.9. The molecule has 8 heteroatoms. The van der Waals surface area contributed by atoms with Crippen molar-refractivity contribution in [2.24, 2.45) is 5.73 Å². The van der Waals surface area contributed by atoms with E-state index < -0.39 is 5.91 Å². The Morgan fingerprint density at radius 1 is 1.15 bits per heavy atom. The van der Waals surface area contributed by atoms with Gasteiger partial charge in [0.2, 0.25) is 0 Å². The van der Waals surface area contributed by atoms with Crippen LogP contribution < -0.4 is 11.5 Å². The number of primary amides is 1. The summed E-state index contributed by atoms with van der Waals surface area (Å²) in [5, 5.41) is 15.6. The number of rotatable bonds is 3. The minimum atomic E-state index is -0.690. The van der Waals surface area contributed by atoms with Crippen LogP contribution in [0.15, 0.2) is 42.9 Å². The van der Waals surface area contributed by atoms with Crippen LogP contribution in [0.5, 0.6) is 0 Å². The van der Waals surface area contributed by atoms with Crippen molar-refractivity contribution in [1.29, 1.82) is 0 Å². The Balaban J connectivity index is 2.07. The summed E-state index contributed by atoms with van der Waals surface area (Å²) in [6.07, 6.45) is 4.85. The number of hydrogen-bond donors (Lipinski definition) is 3. The molecule has 3 heterocycles. The molecule has 0 saturated heterocycles. The molecule has 8 nitrogen and oxygen atoms in total. The molecule has 5 N–H and O–H groups in total. The number of nitrogen functional groups attached to an aromatic ring is 1. The summed E-state index contributed by atoms with van der Waals surface area (Å²) >= 11 is 0. The monoisotopic (exact) mass is 345 g/mol. The van der Waals surface area contributed by atoms with Crippen molar-refractivity contribution >= 4 is 22.5 Å². The average molecular weight is 345 g/mol. The smallest absolute Gasteiger partial charge is 0.269 e. The first-order valence-electron chi connectivity index (χ1n) is 7.86. The highest BCUT2D eigenvalue weighted by Gasteiger charge is 2.19. The molecule has 0 aliphatic carbocycles. The molecule has 1 aromatic carbocycles. The number of amides is 1. The number of aromatic nitrogens is 5. The van der Waals surface area contributed by atoms with Gasteiger partial charge in [-0.05, 0) is 36.2 Å². The summed E-state index contributed by atoms with van der Waals surface area (Å²) in [6, 6.07) is 7.49. The van der Waals surface area contributed by atoms with Crippen LogP contribution in [-0.4, -0.2) is 31.3 Å². The molecule has 1 amide bonds.